The molecule has 0 amide bonds. The van der Waals surface area contributed by atoms with Crippen LogP contribution in [0, 0.1) is 0 Å². The van der Waals surface area contributed by atoms with Gasteiger partial charge in [0.2, 0.25) is 0 Å². The topological polar surface area (TPSA) is 56.7 Å². The van der Waals surface area contributed by atoms with E-state index in [2.05, 4.69) is 55.2 Å². The van der Waals surface area contributed by atoms with Crippen molar-refractivity contribution in [3.05, 3.63) is 41.5 Å². The third kappa shape index (κ3) is 2.80. The van der Waals surface area contributed by atoms with Gasteiger partial charge in [-0.05, 0) is 23.1 Å². The Kier molecular flexibility index (Phi) is 3.92. The van der Waals surface area contributed by atoms with Gasteiger partial charge in [0.15, 0.2) is 11.6 Å². The van der Waals surface area contributed by atoms with Crippen molar-refractivity contribution >= 4 is 11.6 Å². The molecule has 0 aliphatic heterocycles. The quantitative estimate of drug-likeness (QED) is 0.879. The summed E-state index contributed by atoms with van der Waals surface area (Å²) in [4.78, 5) is 0. The molecule has 0 saturated carbocycles. The molecule has 0 bridgehead atoms. The van der Waals surface area contributed by atoms with Gasteiger partial charge in [-0.2, -0.15) is 0 Å². The summed E-state index contributed by atoms with van der Waals surface area (Å²) in [5, 5.41) is 8.11. The molecule has 0 saturated heterocycles. The predicted molar refractivity (Wildman–Crippen MR) is 77.5 cm³/mol. The van der Waals surface area contributed by atoms with Crippen LogP contribution in [0.25, 0.3) is 5.69 Å². The first-order chi connectivity index (χ1) is 8.97. The number of halogens is 1. The standard InChI is InChI=1S/C14H19ClN4/c1-14(2,3)10-4-6-11(7-5-10)19-12(8-15)17-18-13(19)9-16/h4-7H,8-9,16H2,1-3H3. The van der Waals surface area contributed by atoms with Crippen molar-refractivity contribution in [2.45, 2.75) is 38.6 Å². The predicted octanol–water partition coefficient (Wildman–Crippen LogP) is 2.76. The fourth-order valence-electron chi connectivity index (χ4n) is 1.98. The number of aromatic nitrogens is 3. The minimum atomic E-state index is 0.137. The molecule has 2 aromatic rings. The molecular formula is C14H19ClN4. The van der Waals surface area contributed by atoms with E-state index in [1.165, 1.54) is 5.56 Å². The Morgan fingerprint density at radius 3 is 2.16 bits per heavy atom. The van der Waals surface area contributed by atoms with Gasteiger partial charge in [0.05, 0.1) is 12.4 Å². The molecule has 0 fully saturated rings. The van der Waals surface area contributed by atoms with Gasteiger partial charge in [-0.3, -0.25) is 4.57 Å². The number of nitrogens with two attached hydrogens (primary N) is 1. The second-order valence-corrected chi connectivity index (χ2v) is 5.77. The summed E-state index contributed by atoms with van der Waals surface area (Å²) >= 11 is 5.89. The zero-order chi connectivity index (χ0) is 14.0. The maximum Gasteiger partial charge on any atom is 0.152 e. The summed E-state index contributed by atoms with van der Waals surface area (Å²) in [6.07, 6.45) is 0. The number of rotatable bonds is 3. The Morgan fingerprint density at radius 2 is 1.68 bits per heavy atom. The smallest absolute Gasteiger partial charge is 0.152 e. The lowest BCUT2D eigenvalue weighted by Crippen LogP contribution is -2.12. The first-order valence-corrected chi connectivity index (χ1v) is 6.81. The van der Waals surface area contributed by atoms with E-state index in [0.29, 0.717) is 18.2 Å². The van der Waals surface area contributed by atoms with E-state index < -0.39 is 0 Å². The minimum Gasteiger partial charge on any atom is -0.324 e. The average molecular weight is 279 g/mol. The van der Waals surface area contributed by atoms with Crippen LogP contribution in [0.4, 0.5) is 0 Å². The first-order valence-electron chi connectivity index (χ1n) is 6.27. The van der Waals surface area contributed by atoms with Crippen molar-refractivity contribution in [1.29, 1.82) is 0 Å². The molecule has 0 unspecified atom stereocenters. The third-order valence-corrected chi connectivity index (χ3v) is 3.33. The van der Waals surface area contributed by atoms with E-state index in [1.807, 2.05) is 4.57 Å². The maximum atomic E-state index is 5.89. The zero-order valence-corrected chi connectivity index (χ0v) is 12.3. The van der Waals surface area contributed by atoms with Gasteiger partial charge in [0, 0.05) is 5.69 Å². The molecule has 1 heterocycles. The van der Waals surface area contributed by atoms with Gasteiger partial charge >= 0.3 is 0 Å². The summed E-state index contributed by atoms with van der Waals surface area (Å²) in [7, 11) is 0. The lowest BCUT2D eigenvalue weighted by molar-refractivity contribution is 0.590. The van der Waals surface area contributed by atoms with E-state index in [1.54, 1.807) is 0 Å². The SMILES string of the molecule is CC(C)(C)c1ccc(-n2c(CN)nnc2CCl)cc1. The van der Waals surface area contributed by atoms with Crippen molar-refractivity contribution < 1.29 is 0 Å². The summed E-state index contributed by atoms with van der Waals surface area (Å²) in [5.74, 6) is 1.75. The molecule has 1 aromatic carbocycles. The van der Waals surface area contributed by atoms with Crippen LogP contribution >= 0.6 is 11.6 Å². The van der Waals surface area contributed by atoms with E-state index in [-0.39, 0.29) is 5.41 Å². The molecule has 4 nitrogen and oxygen atoms in total. The second kappa shape index (κ2) is 5.31. The fraction of sp³-hybridized carbons (Fsp3) is 0.429. The fourth-order valence-corrected chi connectivity index (χ4v) is 2.15. The molecule has 2 N–H and O–H groups in total. The normalized spacial score (nSPS) is 11.8. The molecule has 0 aliphatic rings. The first kappa shape index (κ1) is 14.0. The van der Waals surface area contributed by atoms with Crippen LogP contribution in [0.2, 0.25) is 0 Å². The summed E-state index contributed by atoms with van der Waals surface area (Å²) in [6, 6.07) is 8.35. The summed E-state index contributed by atoms with van der Waals surface area (Å²) in [5.41, 5.74) is 8.10. The molecule has 0 spiro atoms. The highest BCUT2D eigenvalue weighted by Gasteiger charge is 2.15. The van der Waals surface area contributed by atoms with Crippen molar-refractivity contribution in [2.24, 2.45) is 5.73 Å². The van der Waals surface area contributed by atoms with Gasteiger partial charge in [-0.15, -0.1) is 21.8 Å². The number of alkyl halides is 1. The highest BCUT2D eigenvalue weighted by atomic mass is 35.5. The highest BCUT2D eigenvalue weighted by Crippen LogP contribution is 2.24. The Morgan fingerprint density at radius 1 is 1.11 bits per heavy atom. The van der Waals surface area contributed by atoms with Crippen LogP contribution in [0.1, 0.15) is 38.0 Å². The van der Waals surface area contributed by atoms with E-state index >= 15 is 0 Å². The molecule has 0 aliphatic carbocycles. The van der Waals surface area contributed by atoms with Gasteiger partial charge in [-0.1, -0.05) is 32.9 Å². The second-order valence-electron chi connectivity index (χ2n) is 5.50. The van der Waals surface area contributed by atoms with Crippen LogP contribution in [-0.2, 0) is 17.8 Å². The van der Waals surface area contributed by atoms with Crippen molar-refractivity contribution in [3.63, 3.8) is 0 Å². The molecule has 102 valence electrons. The lowest BCUT2D eigenvalue weighted by atomic mass is 9.87. The zero-order valence-electron chi connectivity index (χ0n) is 11.5. The molecule has 5 heteroatoms. The van der Waals surface area contributed by atoms with Crippen LogP contribution in [0.3, 0.4) is 0 Å². The lowest BCUT2D eigenvalue weighted by Gasteiger charge is -2.19. The van der Waals surface area contributed by atoms with E-state index in [0.717, 1.165) is 11.5 Å². The van der Waals surface area contributed by atoms with Crippen LogP contribution < -0.4 is 5.73 Å². The monoisotopic (exact) mass is 278 g/mol. The maximum absolute atomic E-state index is 5.89. The molecule has 2 rings (SSSR count). The summed E-state index contributed by atoms with van der Waals surface area (Å²) < 4.78 is 1.92. The number of hydrogen-bond donors (Lipinski definition) is 1. The number of benzene rings is 1. The number of hydrogen-bond acceptors (Lipinski definition) is 3. The average Bonchev–Trinajstić information content (AvgIpc) is 2.80. The summed E-state index contributed by atoms with van der Waals surface area (Å²) in [6.45, 7) is 6.91. The van der Waals surface area contributed by atoms with Crippen molar-refractivity contribution in [1.82, 2.24) is 14.8 Å². The third-order valence-electron chi connectivity index (χ3n) is 3.09. The van der Waals surface area contributed by atoms with Crippen molar-refractivity contribution in [3.8, 4) is 5.69 Å². The molecule has 19 heavy (non-hydrogen) atoms. The number of nitrogens with zero attached hydrogens (tertiary/aromatic N) is 3. The molecular weight excluding hydrogens is 260 g/mol. The Balaban J connectivity index is 2.45. The Bertz CT molecular complexity index is 530. The molecule has 0 radical (unpaired) electrons. The van der Waals surface area contributed by atoms with Crippen LogP contribution in [0.15, 0.2) is 24.3 Å². The van der Waals surface area contributed by atoms with Crippen molar-refractivity contribution in [2.75, 3.05) is 0 Å². The molecule has 1 aromatic heterocycles. The molecule has 0 atom stereocenters. The van der Waals surface area contributed by atoms with Crippen LogP contribution in [-0.4, -0.2) is 14.8 Å². The Labute approximate surface area is 118 Å². The van der Waals surface area contributed by atoms with Gasteiger partial charge in [0.1, 0.15) is 0 Å². The van der Waals surface area contributed by atoms with Gasteiger partial charge < -0.3 is 5.73 Å². The van der Waals surface area contributed by atoms with E-state index in [9.17, 15) is 0 Å². The Hall–Kier alpha value is -1.39. The minimum absolute atomic E-state index is 0.137. The van der Waals surface area contributed by atoms with Gasteiger partial charge in [0.25, 0.3) is 0 Å². The van der Waals surface area contributed by atoms with Gasteiger partial charge in [-0.25, -0.2) is 0 Å². The van der Waals surface area contributed by atoms with Crippen LogP contribution in [0.5, 0.6) is 0 Å². The highest BCUT2D eigenvalue weighted by molar-refractivity contribution is 6.16. The van der Waals surface area contributed by atoms with E-state index in [4.69, 9.17) is 17.3 Å². The largest absolute Gasteiger partial charge is 0.324 e.